The van der Waals surface area contributed by atoms with Gasteiger partial charge >= 0.3 is 6.18 Å². The van der Waals surface area contributed by atoms with Crippen LogP contribution in [0.4, 0.5) is 13.2 Å². The molecule has 21 heavy (non-hydrogen) atoms. The van der Waals surface area contributed by atoms with Crippen molar-refractivity contribution in [1.29, 1.82) is 0 Å². The second kappa shape index (κ2) is 6.15. The Labute approximate surface area is 124 Å². The van der Waals surface area contributed by atoms with Crippen LogP contribution in [0.15, 0.2) is 0 Å². The summed E-state index contributed by atoms with van der Waals surface area (Å²) >= 11 is 0. The number of alkyl halides is 3. The van der Waals surface area contributed by atoms with E-state index in [1.165, 1.54) is 0 Å². The summed E-state index contributed by atoms with van der Waals surface area (Å²) in [4.78, 5) is 14.3. The average molecular weight is 306 g/mol. The number of halogens is 3. The number of piperidine rings is 1. The molecule has 2 saturated heterocycles. The van der Waals surface area contributed by atoms with E-state index in [9.17, 15) is 18.0 Å². The molecule has 2 rings (SSSR count). The lowest BCUT2D eigenvalue weighted by molar-refractivity contribution is -0.180. The second-order valence-corrected chi connectivity index (χ2v) is 6.49. The molecule has 2 aliphatic rings. The standard InChI is InChI=1S/C15H25F3N2O/c1-3-14(4-2)7-8-20(10-14)13(21)12-6-5-11(9-19-12)15(16,17)18/h11-12,19H,3-10H2,1-2H3. The molecule has 2 fully saturated rings. The van der Waals surface area contributed by atoms with Gasteiger partial charge in [0.2, 0.25) is 5.91 Å². The quantitative estimate of drug-likeness (QED) is 0.869. The zero-order valence-electron chi connectivity index (χ0n) is 12.8. The summed E-state index contributed by atoms with van der Waals surface area (Å²) in [5.74, 6) is -1.33. The Morgan fingerprint density at radius 2 is 1.95 bits per heavy atom. The fourth-order valence-electron chi connectivity index (χ4n) is 3.52. The second-order valence-electron chi connectivity index (χ2n) is 6.49. The molecule has 0 aromatic heterocycles. The van der Waals surface area contributed by atoms with Crippen molar-refractivity contribution < 1.29 is 18.0 Å². The van der Waals surface area contributed by atoms with Gasteiger partial charge in [-0.1, -0.05) is 13.8 Å². The van der Waals surface area contributed by atoms with Crippen molar-refractivity contribution in [3.8, 4) is 0 Å². The van der Waals surface area contributed by atoms with E-state index in [1.807, 2.05) is 4.90 Å². The van der Waals surface area contributed by atoms with Crippen LogP contribution in [-0.4, -0.2) is 42.7 Å². The molecular weight excluding hydrogens is 281 g/mol. The van der Waals surface area contributed by atoms with Crippen molar-refractivity contribution in [2.75, 3.05) is 19.6 Å². The molecule has 122 valence electrons. The SMILES string of the molecule is CCC1(CC)CCN(C(=O)C2CCC(C(F)(F)F)CN2)C1. The van der Waals surface area contributed by atoms with Crippen LogP contribution < -0.4 is 5.32 Å². The van der Waals surface area contributed by atoms with Crippen molar-refractivity contribution in [3.05, 3.63) is 0 Å². The van der Waals surface area contributed by atoms with Crippen LogP contribution in [0, 0.1) is 11.3 Å². The monoisotopic (exact) mass is 306 g/mol. The Morgan fingerprint density at radius 1 is 1.29 bits per heavy atom. The predicted molar refractivity (Wildman–Crippen MR) is 74.8 cm³/mol. The predicted octanol–water partition coefficient (Wildman–Crippen LogP) is 2.96. The molecule has 0 aromatic rings. The first-order chi connectivity index (χ1) is 9.81. The molecule has 2 unspecified atom stereocenters. The molecular formula is C15H25F3N2O. The third kappa shape index (κ3) is 3.52. The first kappa shape index (κ1) is 16.6. The van der Waals surface area contributed by atoms with E-state index in [4.69, 9.17) is 0 Å². The lowest BCUT2D eigenvalue weighted by Gasteiger charge is -2.33. The van der Waals surface area contributed by atoms with Crippen molar-refractivity contribution in [2.24, 2.45) is 11.3 Å². The highest BCUT2D eigenvalue weighted by molar-refractivity contribution is 5.82. The first-order valence-electron chi connectivity index (χ1n) is 7.90. The number of nitrogens with one attached hydrogen (secondary N) is 1. The fraction of sp³-hybridized carbons (Fsp3) is 0.933. The summed E-state index contributed by atoms with van der Waals surface area (Å²) in [6.45, 7) is 5.63. The number of hydrogen-bond donors (Lipinski definition) is 1. The largest absolute Gasteiger partial charge is 0.393 e. The number of likely N-dealkylation sites (tertiary alicyclic amines) is 1. The summed E-state index contributed by atoms with van der Waals surface area (Å²) in [6, 6.07) is -0.437. The van der Waals surface area contributed by atoms with Gasteiger partial charge in [-0.25, -0.2) is 0 Å². The number of rotatable bonds is 3. The van der Waals surface area contributed by atoms with Crippen LogP contribution in [0.1, 0.15) is 46.0 Å². The first-order valence-corrected chi connectivity index (χ1v) is 7.90. The maximum atomic E-state index is 12.6. The lowest BCUT2D eigenvalue weighted by Crippen LogP contribution is -2.52. The average Bonchev–Trinajstić information content (AvgIpc) is 2.91. The van der Waals surface area contributed by atoms with E-state index in [0.717, 1.165) is 32.4 Å². The number of amides is 1. The van der Waals surface area contributed by atoms with E-state index in [0.29, 0.717) is 0 Å². The number of carbonyl (C=O) groups is 1. The molecule has 0 aliphatic carbocycles. The molecule has 6 heteroatoms. The van der Waals surface area contributed by atoms with Gasteiger partial charge in [0.25, 0.3) is 0 Å². The maximum Gasteiger partial charge on any atom is 0.393 e. The molecule has 0 bridgehead atoms. The van der Waals surface area contributed by atoms with Gasteiger partial charge in [-0.15, -0.1) is 0 Å². The molecule has 2 aliphatic heterocycles. The molecule has 1 N–H and O–H groups in total. The minimum Gasteiger partial charge on any atom is -0.341 e. The Morgan fingerprint density at radius 3 is 2.38 bits per heavy atom. The molecule has 0 saturated carbocycles. The minimum absolute atomic E-state index is 0.0144. The van der Waals surface area contributed by atoms with Gasteiger partial charge in [0.1, 0.15) is 0 Å². The molecule has 3 nitrogen and oxygen atoms in total. The van der Waals surface area contributed by atoms with Crippen molar-refractivity contribution >= 4 is 5.91 Å². The zero-order chi connectivity index (χ0) is 15.7. The highest BCUT2D eigenvalue weighted by Gasteiger charge is 2.44. The van der Waals surface area contributed by atoms with Gasteiger partial charge in [-0.2, -0.15) is 13.2 Å². The highest BCUT2D eigenvalue weighted by Crippen LogP contribution is 2.38. The van der Waals surface area contributed by atoms with E-state index in [-0.39, 0.29) is 30.7 Å². The van der Waals surface area contributed by atoms with Gasteiger partial charge in [-0.3, -0.25) is 4.79 Å². The van der Waals surface area contributed by atoms with Gasteiger partial charge < -0.3 is 10.2 Å². The van der Waals surface area contributed by atoms with Crippen LogP contribution in [0.5, 0.6) is 0 Å². The van der Waals surface area contributed by atoms with E-state index in [2.05, 4.69) is 19.2 Å². The lowest BCUT2D eigenvalue weighted by atomic mass is 9.82. The van der Waals surface area contributed by atoms with Crippen LogP contribution >= 0.6 is 0 Å². The Kier molecular flexibility index (Phi) is 4.85. The summed E-state index contributed by atoms with van der Waals surface area (Å²) in [7, 11) is 0. The van der Waals surface area contributed by atoms with Gasteiger partial charge in [0, 0.05) is 19.6 Å². The van der Waals surface area contributed by atoms with E-state index >= 15 is 0 Å². The third-order valence-electron chi connectivity index (χ3n) is 5.43. The van der Waals surface area contributed by atoms with E-state index < -0.39 is 18.1 Å². The summed E-state index contributed by atoms with van der Waals surface area (Å²) < 4.78 is 37.9. The highest BCUT2D eigenvalue weighted by atomic mass is 19.4. The van der Waals surface area contributed by atoms with Gasteiger partial charge in [-0.05, 0) is 37.5 Å². The number of nitrogens with zero attached hydrogens (tertiary/aromatic N) is 1. The van der Waals surface area contributed by atoms with Crippen LogP contribution in [0.2, 0.25) is 0 Å². The van der Waals surface area contributed by atoms with Crippen molar-refractivity contribution in [3.63, 3.8) is 0 Å². The molecule has 2 atom stereocenters. The van der Waals surface area contributed by atoms with Crippen LogP contribution in [0.3, 0.4) is 0 Å². The minimum atomic E-state index is -4.16. The molecule has 2 heterocycles. The van der Waals surface area contributed by atoms with Gasteiger partial charge in [0.15, 0.2) is 0 Å². The van der Waals surface area contributed by atoms with Gasteiger partial charge in [0.05, 0.1) is 12.0 Å². The van der Waals surface area contributed by atoms with Crippen molar-refractivity contribution in [2.45, 2.75) is 58.2 Å². The Bertz CT molecular complexity index is 372. The smallest absolute Gasteiger partial charge is 0.341 e. The summed E-state index contributed by atoms with van der Waals surface area (Å²) in [6.07, 6.45) is -0.737. The summed E-state index contributed by atoms with van der Waals surface area (Å²) in [5, 5.41) is 2.80. The van der Waals surface area contributed by atoms with Crippen molar-refractivity contribution in [1.82, 2.24) is 10.2 Å². The molecule has 0 spiro atoms. The molecule has 0 radical (unpaired) electrons. The molecule has 1 amide bonds. The number of hydrogen-bond acceptors (Lipinski definition) is 2. The third-order valence-corrected chi connectivity index (χ3v) is 5.43. The Hall–Kier alpha value is -0.780. The zero-order valence-corrected chi connectivity index (χ0v) is 12.8. The Balaban J connectivity index is 1.89. The van der Waals surface area contributed by atoms with E-state index in [1.54, 1.807) is 0 Å². The fourth-order valence-corrected chi connectivity index (χ4v) is 3.52. The maximum absolute atomic E-state index is 12.6. The normalized spacial score (nSPS) is 29.7. The van der Waals surface area contributed by atoms with Crippen LogP contribution in [-0.2, 0) is 4.79 Å². The van der Waals surface area contributed by atoms with Crippen LogP contribution in [0.25, 0.3) is 0 Å². The number of carbonyl (C=O) groups excluding carboxylic acids is 1. The molecule has 0 aromatic carbocycles. The summed E-state index contributed by atoms with van der Waals surface area (Å²) in [5.41, 5.74) is 0.207. The topological polar surface area (TPSA) is 32.3 Å².